The van der Waals surface area contributed by atoms with E-state index in [0.717, 1.165) is 88.2 Å². The number of rotatable bonds is 19. The summed E-state index contributed by atoms with van der Waals surface area (Å²) >= 11 is 0. The number of hydrogen-bond donors (Lipinski definition) is 0. The predicted octanol–water partition coefficient (Wildman–Crippen LogP) is 10.3. The number of amides is 4. The second-order valence-electron chi connectivity index (χ2n) is 22.7. The second kappa shape index (κ2) is 25.0. The van der Waals surface area contributed by atoms with Crippen LogP contribution in [0, 0.1) is 0 Å². The Hall–Kier alpha value is -5.24. The Bertz CT molecular complexity index is 2220. The van der Waals surface area contributed by atoms with Crippen LogP contribution in [-0.2, 0) is 37.9 Å². The van der Waals surface area contributed by atoms with Crippen molar-refractivity contribution in [2.45, 2.75) is 192 Å². The van der Waals surface area contributed by atoms with Crippen molar-refractivity contribution in [1.29, 1.82) is 0 Å². The molecule has 2 aromatic carbocycles. The van der Waals surface area contributed by atoms with Gasteiger partial charge in [0.1, 0.15) is 47.0 Å². The Morgan fingerprint density at radius 2 is 0.961 bits per heavy atom. The second-order valence-corrected chi connectivity index (χ2v) is 22.7. The number of carbonyl (C=O) groups is 4. The average Bonchev–Trinajstić information content (AvgIpc) is 3.90. The summed E-state index contributed by atoms with van der Waals surface area (Å²) in [5.41, 5.74) is 1.11. The van der Waals surface area contributed by atoms with E-state index in [2.05, 4.69) is 13.2 Å². The lowest BCUT2D eigenvalue weighted by molar-refractivity contribution is -0.201. The maximum atomic E-state index is 14.5. The first-order chi connectivity index (χ1) is 36.4. The largest absolute Gasteiger partial charge is 0.497 e. The average molecular weight is 1060 g/mol. The van der Waals surface area contributed by atoms with Gasteiger partial charge in [-0.2, -0.15) is 0 Å². The van der Waals surface area contributed by atoms with Crippen LogP contribution < -0.4 is 19.3 Å². The van der Waals surface area contributed by atoms with Crippen LogP contribution in [0.2, 0.25) is 0 Å². The van der Waals surface area contributed by atoms with E-state index < -0.39 is 72.7 Å². The molecule has 4 saturated heterocycles. The molecular formula is C58H82N4O14. The van der Waals surface area contributed by atoms with Gasteiger partial charge in [0.15, 0.2) is 25.0 Å². The van der Waals surface area contributed by atoms with Gasteiger partial charge in [0.2, 0.25) is 0 Å². The number of benzene rings is 2. The number of hydrogen-bond acceptors (Lipinski definition) is 14. The van der Waals surface area contributed by atoms with Crippen molar-refractivity contribution in [3.8, 4) is 11.5 Å². The fourth-order valence-corrected chi connectivity index (χ4v) is 11.0. The van der Waals surface area contributed by atoms with Gasteiger partial charge in [-0.1, -0.05) is 51.7 Å². The van der Waals surface area contributed by atoms with Gasteiger partial charge in [-0.05, 0) is 140 Å². The monoisotopic (exact) mass is 1060 g/mol. The minimum absolute atomic E-state index is 0.236. The number of carbonyl (C=O) groups excluding carboxylic acids is 4. The zero-order chi connectivity index (χ0) is 54.3. The van der Waals surface area contributed by atoms with Gasteiger partial charge in [-0.3, -0.25) is 9.59 Å². The standard InChI is InChI=1S/C58H82N4O14/c1-37-35-59-47(53(73-45-23-17-21-29-69-45)61(55(65)75-57(3,4)5)43-27-25-39(67-9)33-41(43)51(59)63)49(37)71-31-19-15-13-11-12-14-16-20-32-72-50-38(2)36-60-48(50)54(74-46-24-18-22-30-70-46)62(56(66)76-58(6,7)8)44-28-26-40(68-10)34-42(44)52(60)64/h25-28,33-34,45-50,53-54H,1-2,11-24,29-32,35-36H2,3-10H3/t45?,46?,47-,48-,49?,50?,53-,54-/m0/s1. The van der Waals surface area contributed by atoms with Crippen molar-refractivity contribution in [1.82, 2.24) is 9.80 Å². The fourth-order valence-electron chi connectivity index (χ4n) is 11.0. The summed E-state index contributed by atoms with van der Waals surface area (Å²) in [6, 6.07) is 8.72. The van der Waals surface area contributed by atoms with E-state index in [0.29, 0.717) is 73.3 Å². The summed E-state index contributed by atoms with van der Waals surface area (Å²) in [7, 11) is 3.08. The molecule has 0 saturated carbocycles. The molecule has 6 aliphatic heterocycles. The van der Waals surface area contributed by atoms with Crippen LogP contribution in [0.3, 0.4) is 0 Å². The van der Waals surface area contributed by atoms with Crippen molar-refractivity contribution in [2.75, 3.05) is 63.5 Å². The number of anilines is 2. The first-order valence-electron chi connectivity index (χ1n) is 27.5. The summed E-state index contributed by atoms with van der Waals surface area (Å²) in [4.78, 5) is 64.0. The Balaban J connectivity index is 0.851. The lowest BCUT2D eigenvalue weighted by Crippen LogP contribution is -2.58. The third-order valence-corrected chi connectivity index (χ3v) is 14.6. The first-order valence-corrected chi connectivity index (χ1v) is 27.5. The van der Waals surface area contributed by atoms with Crippen LogP contribution in [0.15, 0.2) is 60.7 Å². The maximum Gasteiger partial charge on any atom is 0.417 e. The predicted molar refractivity (Wildman–Crippen MR) is 285 cm³/mol. The minimum atomic E-state index is -0.997. The summed E-state index contributed by atoms with van der Waals surface area (Å²) in [6.45, 7) is 22.0. The zero-order valence-electron chi connectivity index (χ0n) is 46.1. The minimum Gasteiger partial charge on any atom is -0.497 e. The third-order valence-electron chi connectivity index (χ3n) is 14.6. The summed E-state index contributed by atoms with van der Waals surface area (Å²) in [5, 5.41) is 0. The highest BCUT2D eigenvalue weighted by Crippen LogP contribution is 2.44. The Labute approximate surface area is 449 Å². The van der Waals surface area contributed by atoms with E-state index in [1.165, 1.54) is 24.0 Å². The molecular weight excluding hydrogens is 977 g/mol. The van der Waals surface area contributed by atoms with Crippen LogP contribution >= 0.6 is 0 Å². The molecule has 418 valence electrons. The molecule has 18 heteroatoms. The Kier molecular flexibility index (Phi) is 18.8. The van der Waals surface area contributed by atoms with Gasteiger partial charge in [-0.15, -0.1) is 0 Å². The smallest absolute Gasteiger partial charge is 0.417 e. The molecule has 8 atom stereocenters. The molecule has 0 aromatic heterocycles. The van der Waals surface area contributed by atoms with E-state index in [-0.39, 0.29) is 24.9 Å². The topological polar surface area (TPSA) is 174 Å². The van der Waals surface area contributed by atoms with Gasteiger partial charge in [0.05, 0.1) is 36.7 Å². The first kappa shape index (κ1) is 56.9. The van der Waals surface area contributed by atoms with E-state index in [1.807, 2.05) is 0 Å². The zero-order valence-corrected chi connectivity index (χ0v) is 46.1. The highest BCUT2D eigenvalue weighted by molar-refractivity contribution is 6.07. The lowest BCUT2D eigenvalue weighted by Gasteiger charge is -2.40. The molecule has 0 N–H and O–H groups in total. The molecule has 2 aromatic rings. The number of unbranched alkanes of at least 4 members (excludes halogenated alkanes) is 7. The van der Waals surface area contributed by atoms with E-state index in [4.69, 9.17) is 47.4 Å². The number of fused-ring (bicyclic) bond motifs is 4. The lowest BCUT2D eigenvalue weighted by atomic mass is 10.1. The molecule has 8 rings (SSSR count). The SMILES string of the molecule is C=C1CN2C(=O)c3cc(OC)ccc3N(C(=O)OC(C)(C)C)[C@@H](OC3CCCCO3)[C@@H]2C1OCCCCCCCCCCOC1C(=C)CN2C(=O)c3cc(OC)ccc3N(C(=O)OC(C)(C)C)[C@@H](OC3CCCCO3)[C@H]12. The van der Waals surface area contributed by atoms with E-state index in [1.54, 1.807) is 87.7 Å². The molecule has 4 fully saturated rings. The van der Waals surface area contributed by atoms with E-state index >= 15 is 0 Å². The van der Waals surface area contributed by atoms with Gasteiger partial charge < -0.3 is 57.2 Å². The molecule has 0 radical (unpaired) electrons. The van der Waals surface area contributed by atoms with Crippen molar-refractivity contribution < 1.29 is 66.5 Å². The molecule has 4 unspecified atom stereocenters. The molecule has 6 heterocycles. The Morgan fingerprint density at radius 3 is 1.30 bits per heavy atom. The number of ether oxygens (including phenoxy) is 10. The summed E-state index contributed by atoms with van der Waals surface area (Å²) in [5.74, 6) is 0.401. The van der Waals surface area contributed by atoms with E-state index in [9.17, 15) is 19.2 Å². The van der Waals surface area contributed by atoms with Gasteiger partial charge in [0, 0.05) is 39.5 Å². The number of nitrogens with zero attached hydrogens (tertiary/aromatic N) is 4. The van der Waals surface area contributed by atoms with Crippen molar-refractivity contribution in [3.05, 3.63) is 71.8 Å². The van der Waals surface area contributed by atoms with Gasteiger partial charge in [0.25, 0.3) is 11.8 Å². The fraction of sp³-hybridized carbons (Fsp3) is 0.655. The van der Waals surface area contributed by atoms with Crippen LogP contribution in [0.25, 0.3) is 0 Å². The third kappa shape index (κ3) is 13.4. The molecule has 0 aliphatic carbocycles. The molecule has 0 spiro atoms. The molecule has 6 aliphatic rings. The summed E-state index contributed by atoms with van der Waals surface area (Å²) < 4.78 is 62.0. The maximum absolute atomic E-state index is 14.5. The highest BCUT2D eigenvalue weighted by atomic mass is 16.7. The molecule has 18 nitrogen and oxygen atoms in total. The quantitative estimate of drug-likeness (QED) is 0.0960. The van der Waals surface area contributed by atoms with Crippen molar-refractivity contribution in [3.63, 3.8) is 0 Å². The van der Waals surface area contributed by atoms with Crippen molar-refractivity contribution >= 4 is 35.4 Å². The molecule has 4 amide bonds. The van der Waals surface area contributed by atoms with Gasteiger partial charge >= 0.3 is 12.2 Å². The summed E-state index contributed by atoms with van der Waals surface area (Å²) in [6.07, 6.45) is 6.91. The van der Waals surface area contributed by atoms with Crippen molar-refractivity contribution in [2.24, 2.45) is 0 Å². The highest BCUT2D eigenvalue weighted by Gasteiger charge is 2.55. The van der Waals surface area contributed by atoms with Crippen LogP contribution in [0.4, 0.5) is 21.0 Å². The normalized spacial score (nSPS) is 25.8. The van der Waals surface area contributed by atoms with Crippen LogP contribution in [0.5, 0.6) is 11.5 Å². The van der Waals surface area contributed by atoms with Crippen LogP contribution in [0.1, 0.15) is 152 Å². The van der Waals surface area contributed by atoms with Crippen LogP contribution in [-0.4, -0.2) is 148 Å². The Morgan fingerprint density at radius 1 is 0.579 bits per heavy atom. The molecule has 0 bridgehead atoms. The van der Waals surface area contributed by atoms with Gasteiger partial charge in [-0.25, -0.2) is 19.4 Å². The number of methoxy groups -OCH3 is 2. The molecule has 76 heavy (non-hydrogen) atoms.